The van der Waals surface area contributed by atoms with Crippen molar-refractivity contribution >= 4 is 17.6 Å². The number of aliphatic hydroxyl groups excluding tert-OH is 7. The molecular formula is C18H32O13S. The van der Waals surface area contributed by atoms with Crippen molar-refractivity contribution in [2.75, 3.05) is 46.2 Å². The molecule has 0 saturated carbocycles. The van der Waals surface area contributed by atoms with Crippen LogP contribution < -0.4 is 0 Å². The van der Waals surface area contributed by atoms with Gasteiger partial charge in [0.15, 0.2) is 12.6 Å². The fourth-order valence-electron chi connectivity index (χ4n) is 3.16. The Bertz CT molecular complexity index is 541. The van der Waals surface area contributed by atoms with Gasteiger partial charge in [-0.05, 0) is 0 Å². The second-order valence-electron chi connectivity index (χ2n) is 7.27. The van der Waals surface area contributed by atoms with Crippen molar-refractivity contribution in [1.82, 2.24) is 0 Å². The van der Waals surface area contributed by atoms with Crippen LogP contribution in [0.1, 0.15) is 0 Å². The van der Waals surface area contributed by atoms with Gasteiger partial charge in [-0.2, -0.15) is 0 Å². The molecule has 0 aromatic carbocycles. The van der Waals surface area contributed by atoms with Gasteiger partial charge in [0, 0.05) is 5.37 Å². The predicted octanol–water partition coefficient (Wildman–Crippen LogP) is -4.34. The minimum absolute atomic E-state index is 0.0119. The van der Waals surface area contributed by atoms with Gasteiger partial charge in [0.2, 0.25) is 0 Å². The maximum Gasteiger partial charge on any atom is 0.186 e. The Hall–Kier alpha value is -0.430. The second-order valence-corrected chi connectivity index (χ2v) is 7.60. The van der Waals surface area contributed by atoms with Crippen molar-refractivity contribution in [1.29, 1.82) is 0 Å². The van der Waals surface area contributed by atoms with Crippen LogP contribution in [0.2, 0.25) is 0 Å². The summed E-state index contributed by atoms with van der Waals surface area (Å²) in [6.07, 6.45) is -14.6. The van der Waals surface area contributed by atoms with Crippen LogP contribution in [0.25, 0.3) is 0 Å². The predicted molar refractivity (Wildman–Crippen MR) is 108 cm³/mol. The molecule has 0 unspecified atom stereocenters. The first-order valence-corrected chi connectivity index (χ1v) is 10.6. The van der Waals surface area contributed by atoms with E-state index in [4.69, 9.17) is 28.4 Å². The molecule has 2 heterocycles. The van der Waals surface area contributed by atoms with Crippen LogP contribution in [0.5, 0.6) is 0 Å². The molecule has 2 rings (SSSR count). The van der Waals surface area contributed by atoms with Crippen LogP contribution in [-0.2, 0) is 28.4 Å². The zero-order chi connectivity index (χ0) is 23.7. The minimum Gasteiger partial charge on any atom is -0.394 e. The normalized spacial score (nSPS) is 40.3. The Balaban J connectivity index is 1.80. The molecule has 0 amide bonds. The van der Waals surface area contributed by atoms with Crippen molar-refractivity contribution in [2.45, 2.75) is 61.4 Å². The summed E-state index contributed by atoms with van der Waals surface area (Å²) in [7, 11) is 0. The molecule has 188 valence electrons. The Labute approximate surface area is 190 Å². The van der Waals surface area contributed by atoms with Crippen LogP contribution in [0.4, 0.5) is 0 Å². The maximum atomic E-state index is 10.2. The number of aliphatic hydroxyl groups is 7. The number of hydrogen-bond donors (Lipinski definition) is 7. The summed E-state index contributed by atoms with van der Waals surface area (Å²) in [6.45, 7) is 0.0891. The average Bonchev–Trinajstić information content (AvgIpc) is 2.79. The van der Waals surface area contributed by atoms with E-state index in [1.54, 1.807) is 0 Å². The average molecular weight is 489 g/mol. The zero-order valence-electron chi connectivity index (χ0n) is 17.3. The van der Waals surface area contributed by atoms with Crippen LogP contribution in [-0.4, -0.2) is 149 Å². The van der Waals surface area contributed by atoms with E-state index in [0.717, 1.165) is 0 Å². The highest BCUT2D eigenvalue weighted by atomic mass is 32.1. The van der Waals surface area contributed by atoms with Gasteiger partial charge in [0.25, 0.3) is 0 Å². The summed E-state index contributed by atoms with van der Waals surface area (Å²) in [5.74, 6) is 0. The van der Waals surface area contributed by atoms with E-state index in [1.165, 1.54) is 5.37 Å². The van der Waals surface area contributed by atoms with Crippen LogP contribution in [0, 0.1) is 0 Å². The maximum absolute atomic E-state index is 10.2. The molecule has 0 aromatic heterocycles. The summed E-state index contributed by atoms with van der Waals surface area (Å²) >= 11 is 4.62. The fraction of sp³-hybridized carbons (Fsp3) is 0.944. The van der Waals surface area contributed by atoms with Gasteiger partial charge in [-0.1, -0.05) is 12.2 Å². The molecule has 13 nitrogen and oxygen atoms in total. The van der Waals surface area contributed by atoms with Crippen LogP contribution in [0.15, 0.2) is 0 Å². The first kappa shape index (κ1) is 27.8. The monoisotopic (exact) mass is 488 g/mol. The minimum atomic E-state index is -1.64. The molecule has 2 saturated heterocycles. The van der Waals surface area contributed by atoms with Crippen LogP contribution >= 0.6 is 12.2 Å². The van der Waals surface area contributed by atoms with E-state index >= 15 is 0 Å². The van der Waals surface area contributed by atoms with E-state index in [2.05, 4.69) is 12.2 Å². The van der Waals surface area contributed by atoms with E-state index in [0.29, 0.717) is 19.8 Å². The molecule has 2 aliphatic rings. The van der Waals surface area contributed by atoms with Crippen molar-refractivity contribution in [3.63, 3.8) is 0 Å². The van der Waals surface area contributed by atoms with Crippen molar-refractivity contribution in [2.24, 2.45) is 0 Å². The summed E-state index contributed by atoms with van der Waals surface area (Å²) < 4.78 is 31.8. The Morgan fingerprint density at radius 1 is 0.656 bits per heavy atom. The lowest BCUT2D eigenvalue weighted by atomic mass is 9.98. The van der Waals surface area contributed by atoms with Gasteiger partial charge >= 0.3 is 0 Å². The third kappa shape index (κ3) is 7.54. The van der Waals surface area contributed by atoms with Crippen molar-refractivity contribution in [3.05, 3.63) is 0 Å². The Morgan fingerprint density at radius 2 is 1.19 bits per heavy atom. The third-order valence-electron chi connectivity index (χ3n) is 5.01. The smallest absolute Gasteiger partial charge is 0.186 e. The van der Waals surface area contributed by atoms with Gasteiger partial charge in [0.05, 0.1) is 46.2 Å². The lowest BCUT2D eigenvalue weighted by Gasteiger charge is -2.42. The molecule has 7 N–H and O–H groups in total. The largest absolute Gasteiger partial charge is 0.394 e. The summed E-state index contributed by atoms with van der Waals surface area (Å²) in [5, 5.41) is 70.6. The molecule has 0 aliphatic carbocycles. The highest BCUT2D eigenvalue weighted by Gasteiger charge is 2.47. The first-order valence-electron chi connectivity index (χ1n) is 10.1. The molecule has 14 heteroatoms. The first-order chi connectivity index (χ1) is 15.3. The van der Waals surface area contributed by atoms with Crippen LogP contribution in [0.3, 0.4) is 0 Å². The molecule has 10 atom stereocenters. The molecule has 0 aromatic rings. The van der Waals surface area contributed by atoms with E-state index in [9.17, 15) is 35.7 Å². The topological polar surface area (TPSA) is 197 Å². The quantitative estimate of drug-likeness (QED) is 0.0970. The summed E-state index contributed by atoms with van der Waals surface area (Å²) in [6, 6.07) is 0. The van der Waals surface area contributed by atoms with E-state index in [-0.39, 0.29) is 13.2 Å². The summed E-state index contributed by atoms with van der Waals surface area (Å²) in [4.78, 5) is 0. The number of ether oxygens (including phenoxy) is 6. The van der Waals surface area contributed by atoms with Gasteiger partial charge in [-0.15, -0.1) is 0 Å². The fourth-order valence-corrected chi connectivity index (χ4v) is 3.26. The Morgan fingerprint density at radius 3 is 1.81 bits per heavy atom. The van der Waals surface area contributed by atoms with Crippen molar-refractivity contribution < 1.29 is 64.2 Å². The van der Waals surface area contributed by atoms with Gasteiger partial charge in [-0.25, -0.2) is 0 Å². The number of hydrogen-bond acceptors (Lipinski definition) is 14. The zero-order valence-corrected chi connectivity index (χ0v) is 18.1. The van der Waals surface area contributed by atoms with E-state index < -0.39 is 74.6 Å². The third-order valence-corrected chi connectivity index (χ3v) is 5.15. The second kappa shape index (κ2) is 14.1. The molecule has 32 heavy (non-hydrogen) atoms. The van der Waals surface area contributed by atoms with Crippen molar-refractivity contribution in [3.8, 4) is 0 Å². The van der Waals surface area contributed by atoms with E-state index in [1.807, 2.05) is 0 Å². The standard InChI is InChI=1S/C18H32O13S/c19-7-9-11(20)13(22)16(25)18(30-9)29-8-10-12(21)14(23)15(24)17(31-10)28-4-3-26-1-2-27-5-6-32/h6,9-25H,1-5,7-8H2/t9-,10-,11+,12+,13+,14+,15-,16-,17+,18+/m1/s1. The molecule has 0 radical (unpaired) electrons. The van der Waals surface area contributed by atoms with Gasteiger partial charge < -0.3 is 64.2 Å². The number of thiocarbonyl (C=S) groups is 1. The number of rotatable bonds is 13. The summed E-state index contributed by atoms with van der Waals surface area (Å²) in [5.41, 5.74) is 0. The SMILES string of the molecule is OC[C@H]1O[C@H](OC[C@H]2O[C@H](OCCOCCOCC=S)[C@H](O)[C@@H](O)[C@H]2O)[C@H](O)[C@@H](O)[C@H]1O. The van der Waals surface area contributed by atoms with Gasteiger partial charge in [0.1, 0.15) is 48.8 Å². The Kier molecular flexibility index (Phi) is 12.2. The lowest BCUT2D eigenvalue weighted by Crippen LogP contribution is -2.61. The lowest BCUT2D eigenvalue weighted by molar-refractivity contribution is -0.331. The molecular weight excluding hydrogens is 456 g/mol. The van der Waals surface area contributed by atoms with Gasteiger partial charge in [-0.3, -0.25) is 0 Å². The molecule has 0 spiro atoms. The molecule has 2 fully saturated rings. The highest BCUT2D eigenvalue weighted by Crippen LogP contribution is 2.25. The highest BCUT2D eigenvalue weighted by molar-refractivity contribution is 7.79. The molecule has 2 aliphatic heterocycles. The molecule has 0 bridgehead atoms.